The van der Waals surface area contributed by atoms with Gasteiger partial charge in [0.25, 0.3) is 0 Å². The lowest BCUT2D eigenvalue weighted by Crippen LogP contribution is -2.23. The third-order valence-electron chi connectivity index (χ3n) is 3.51. The van der Waals surface area contributed by atoms with Gasteiger partial charge in [0, 0.05) is 24.7 Å². The average Bonchev–Trinajstić information content (AvgIpc) is 2.86. The Morgan fingerprint density at radius 1 is 1.15 bits per heavy atom. The van der Waals surface area contributed by atoms with Crippen molar-refractivity contribution in [3.05, 3.63) is 51.7 Å². The highest BCUT2D eigenvalue weighted by Crippen LogP contribution is 2.30. The van der Waals surface area contributed by atoms with Crippen LogP contribution in [0.5, 0.6) is 0 Å². The lowest BCUT2D eigenvalue weighted by molar-refractivity contribution is 0.604. The zero-order valence-corrected chi connectivity index (χ0v) is 13.6. The third-order valence-corrected chi connectivity index (χ3v) is 4.59. The van der Waals surface area contributed by atoms with E-state index < -0.39 is 0 Å². The number of rotatable bonds is 6. The van der Waals surface area contributed by atoms with E-state index in [1.54, 1.807) is 0 Å². The van der Waals surface area contributed by atoms with Crippen LogP contribution in [0.3, 0.4) is 0 Å². The number of benzene rings is 1. The predicted octanol–water partition coefficient (Wildman–Crippen LogP) is 4.21. The van der Waals surface area contributed by atoms with Crippen LogP contribution in [0.15, 0.2) is 35.7 Å². The van der Waals surface area contributed by atoms with Gasteiger partial charge in [0.1, 0.15) is 0 Å². The fourth-order valence-corrected chi connectivity index (χ4v) is 3.32. The minimum absolute atomic E-state index is 0.311. The first kappa shape index (κ1) is 15.1. The van der Waals surface area contributed by atoms with Gasteiger partial charge in [-0.25, -0.2) is 0 Å². The number of thiophene rings is 1. The minimum atomic E-state index is 0.311. The van der Waals surface area contributed by atoms with Crippen LogP contribution >= 0.6 is 11.3 Å². The van der Waals surface area contributed by atoms with Gasteiger partial charge < -0.3 is 10.2 Å². The molecule has 1 aromatic carbocycles. The Balaban J connectivity index is 2.29. The average molecular weight is 288 g/mol. The molecule has 2 rings (SSSR count). The Morgan fingerprint density at radius 3 is 2.35 bits per heavy atom. The highest BCUT2D eigenvalue weighted by Gasteiger charge is 2.16. The molecule has 0 aliphatic rings. The Labute approximate surface area is 126 Å². The van der Waals surface area contributed by atoms with Gasteiger partial charge in [-0.1, -0.05) is 19.1 Å². The van der Waals surface area contributed by atoms with Crippen molar-refractivity contribution >= 4 is 17.0 Å². The van der Waals surface area contributed by atoms with Crippen molar-refractivity contribution in [2.45, 2.75) is 26.3 Å². The lowest BCUT2D eigenvalue weighted by atomic mass is 10.0. The summed E-state index contributed by atoms with van der Waals surface area (Å²) in [7, 11) is 4.15. The molecule has 0 aliphatic heterocycles. The number of aryl methyl sites for hydroxylation is 1. The van der Waals surface area contributed by atoms with Crippen LogP contribution < -0.4 is 10.2 Å². The molecule has 3 heteroatoms. The van der Waals surface area contributed by atoms with Gasteiger partial charge in [0.15, 0.2) is 0 Å². The summed E-state index contributed by atoms with van der Waals surface area (Å²) in [5.74, 6) is 0. The molecule has 0 saturated heterocycles. The monoisotopic (exact) mass is 288 g/mol. The second-order valence-corrected chi connectivity index (χ2v) is 6.29. The minimum Gasteiger partial charge on any atom is -0.378 e. The summed E-state index contributed by atoms with van der Waals surface area (Å²) in [6, 6.07) is 11.4. The molecule has 1 aromatic heterocycles. The molecule has 20 heavy (non-hydrogen) atoms. The van der Waals surface area contributed by atoms with Gasteiger partial charge in [-0.05, 0) is 54.6 Å². The zero-order chi connectivity index (χ0) is 14.5. The highest BCUT2D eigenvalue weighted by molar-refractivity contribution is 7.10. The Morgan fingerprint density at radius 2 is 1.85 bits per heavy atom. The molecule has 108 valence electrons. The van der Waals surface area contributed by atoms with Crippen molar-refractivity contribution in [2.24, 2.45) is 0 Å². The number of nitrogens with one attached hydrogen (secondary N) is 1. The molecular weight excluding hydrogens is 264 g/mol. The van der Waals surface area contributed by atoms with E-state index in [1.807, 2.05) is 11.3 Å². The molecule has 2 aromatic rings. The second kappa shape index (κ2) is 6.91. The van der Waals surface area contributed by atoms with Crippen LogP contribution in [0.1, 0.15) is 35.4 Å². The zero-order valence-electron chi connectivity index (χ0n) is 12.8. The Bertz CT molecular complexity index is 528. The van der Waals surface area contributed by atoms with Crippen LogP contribution in [0.4, 0.5) is 5.69 Å². The standard InChI is InChI=1S/C17H24N2S/c1-5-11-18-16(17-13(2)10-12-20-17)14-6-8-15(9-7-14)19(3)4/h6-10,12,16,18H,5,11H2,1-4H3. The summed E-state index contributed by atoms with van der Waals surface area (Å²) in [4.78, 5) is 3.56. The first-order chi connectivity index (χ1) is 9.63. The van der Waals surface area contributed by atoms with E-state index in [2.05, 4.69) is 73.9 Å². The molecule has 0 saturated carbocycles. The first-order valence-corrected chi connectivity index (χ1v) is 8.06. The molecule has 1 atom stereocenters. The molecule has 0 spiro atoms. The van der Waals surface area contributed by atoms with E-state index in [9.17, 15) is 0 Å². The van der Waals surface area contributed by atoms with E-state index in [4.69, 9.17) is 0 Å². The molecule has 1 N–H and O–H groups in total. The van der Waals surface area contributed by atoms with Gasteiger partial charge in [-0.3, -0.25) is 0 Å². The fraction of sp³-hybridized carbons (Fsp3) is 0.412. The van der Waals surface area contributed by atoms with Gasteiger partial charge in [-0.2, -0.15) is 0 Å². The molecule has 0 amide bonds. The maximum absolute atomic E-state index is 3.67. The van der Waals surface area contributed by atoms with Crippen molar-refractivity contribution in [1.82, 2.24) is 5.32 Å². The Hall–Kier alpha value is -1.32. The molecule has 0 aliphatic carbocycles. The molecular formula is C17H24N2S. The summed E-state index contributed by atoms with van der Waals surface area (Å²) in [5.41, 5.74) is 3.96. The Kier molecular flexibility index (Phi) is 5.21. The lowest BCUT2D eigenvalue weighted by Gasteiger charge is -2.20. The number of hydrogen-bond donors (Lipinski definition) is 1. The third kappa shape index (κ3) is 3.41. The second-order valence-electron chi connectivity index (χ2n) is 5.34. The van der Waals surface area contributed by atoms with Crippen LogP contribution in [-0.2, 0) is 0 Å². The highest BCUT2D eigenvalue weighted by atomic mass is 32.1. The van der Waals surface area contributed by atoms with Crippen molar-refractivity contribution in [1.29, 1.82) is 0 Å². The van der Waals surface area contributed by atoms with Gasteiger partial charge in [0.05, 0.1) is 6.04 Å². The molecule has 2 nitrogen and oxygen atoms in total. The topological polar surface area (TPSA) is 15.3 Å². The van der Waals surface area contributed by atoms with Gasteiger partial charge >= 0.3 is 0 Å². The van der Waals surface area contributed by atoms with Crippen molar-refractivity contribution in [3.63, 3.8) is 0 Å². The summed E-state index contributed by atoms with van der Waals surface area (Å²) in [6.07, 6.45) is 1.15. The normalized spacial score (nSPS) is 12.4. The first-order valence-electron chi connectivity index (χ1n) is 7.18. The molecule has 1 unspecified atom stereocenters. The van der Waals surface area contributed by atoms with Crippen molar-refractivity contribution < 1.29 is 0 Å². The van der Waals surface area contributed by atoms with Gasteiger partial charge in [-0.15, -0.1) is 11.3 Å². The van der Waals surface area contributed by atoms with E-state index in [1.165, 1.54) is 21.7 Å². The summed E-state index contributed by atoms with van der Waals surface area (Å²) in [6.45, 7) is 5.44. The van der Waals surface area contributed by atoms with Crippen LogP contribution in [-0.4, -0.2) is 20.6 Å². The van der Waals surface area contributed by atoms with Crippen LogP contribution in [0.25, 0.3) is 0 Å². The number of nitrogens with zero attached hydrogens (tertiary/aromatic N) is 1. The summed E-state index contributed by atoms with van der Waals surface area (Å²) < 4.78 is 0. The van der Waals surface area contributed by atoms with Crippen molar-refractivity contribution in [2.75, 3.05) is 25.5 Å². The van der Waals surface area contributed by atoms with Crippen LogP contribution in [0, 0.1) is 6.92 Å². The fourth-order valence-electron chi connectivity index (χ4n) is 2.30. The van der Waals surface area contributed by atoms with E-state index >= 15 is 0 Å². The molecule has 1 heterocycles. The maximum Gasteiger partial charge on any atom is 0.0673 e. The predicted molar refractivity (Wildman–Crippen MR) is 90.0 cm³/mol. The largest absolute Gasteiger partial charge is 0.378 e. The maximum atomic E-state index is 3.67. The molecule has 0 fully saturated rings. The number of anilines is 1. The number of hydrogen-bond acceptors (Lipinski definition) is 3. The smallest absolute Gasteiger partial charge is 0.0673 e. The van der Waals surface area contributed by atoms with E-state index in [-0.39, 0.29) is 0 Å². The van der Waals surface area contributed by atoms with Gasteiger partial charge in [0.2, 0.25) is 0 Å². The SMILES string of the molecule is CCCNC(c1ccc(N(C)C)cc1)c1sccc1C. The summed E-state index contributed by atoms with van der Waals surface area (Å²) in [5, 5.41) is 5.85. The quantitative estimate of drug-likeness (QED) is 0.856. The van der Waals surface area contributed by atoms with E-state index in [0.717, 1.165) is 13.0 Å². The van der Waals surface area contributed by atoms with E-state index in [0.29, 0.717) is 6.04 Å². The van der Waals surface area contributed by atoms with Crippen molar-refractivity contribution in [3.8, 4) is 0 Å². The summed E-state index contributed by atoms with van der Waals surface area (Å²) >= 11 is 1.84. The van der Waals surface area contributed by atoms with Crippen LogP contribution in [0.2, 0.25) is 0 Å². The molecule has 0 bridgehead atoms. The molecule has 0 radical (unpaired) electrons.